The number of aromatic nitrogens is 2. The van der Waals surface area contributed by atoms with Gasteiger partial charge in [0.2, 0.25) is 0 Å². The Bertz CT molecular complexity index is 802. The molecule has 1 heterocycles. The third kappa shape index (κ3) is 3.64. The summed E-state index contributed by atoms with van der Waals surface area (Å²) in [5.41, 5.74) is 3.99. The number of hydrogen-bond donors (Lipinski definition) is 0. The van der Waals surface area contributed by atoms with Crippen LogP contribution < -0.4 is 0 Å². The number of rotatable bonds is 4. The first-order valence-corrected chi connectivity index (χ1v) is 9.53. The average molecular weight is 351 g/mol. The van der Waals surface area contributed by atoms with Gasteiger partial charge >= 0.3 is 0 Å². The van der Waals surface area contributed by atoms with Crippen molar-refractivity contribution in [3.05, 3.63) is 89.0 Å². The fourth-order valence-corrected chi connectivity index (χ4v) is 4.17. The van der Waals surface area contributed by atoms with E-state index in [4.69, 9.17) is 11.6 Å². The maximum Gasteiger partial charge on any atom is 0.147 e. The number of imidazole rings is 1. The zero-order chi connectivity index (χ0) is 17.1. The molecule has 0 spiro atoms. The molecule has 1 unspecified atom stereocenters. The van der Waals surface area contributed by atoms with Crippen LogP contribution in [-0.4, -0.2) is 9.55 Å². The molecule has 25 heavy (non-hydrogen) atoms. The van der Waals surface area contributed by atoms with Gasteiger partial charge in [0.05, 0.1) is 12.4 Å². The van der Waals surface area contributed by atoms with Gasteiger partial charge in [-0.25, -0.2) is 4.98 Å². The van der Waals surface area contributed by atoms with E-state index in [2.05, 4.69) is 58.1 Å². The van der Waals surface area contributed by atoms with Gasteiger partial charge in [-0.3, -0.25) is 0 Å². The molecule has 1 atom stereocenters. The summed E-state index contributed by atoms with van der Waals surface area (Å²) in [5.74, 6) is 0.737. The van der Waals surface area contributed by atoms with Gasteiger partial charge < -0.3 is 4.57 Å². The Kier molecular flexibility index (Phi) is 4.89. The molecule has 4 rings (SSSR count). The Hall–Kier alpha value is -2.06. The largest absolute Gasteiger partial charge is 0.324 e. The molecule has 1 aromatic heterocycles. The molecule has 1 fully saturated rings. The molecule has 1 saturated carbocycles. The van der Waals surface area contributed by atoms with Gasteiger partial charge in [0.25, 0.3) is 0 Å². The molecule has 0 amide bonds. The van der Waals surface area contributed by atoms with Crippen LogP contribution in [0.15, 0.2) is 67.1 Å². The lowest BCUT2D eigenvalue weighted by atomic mass is 9.83. The van der Waals surface area contributed by atoms with Crippen molar-refractivity contribution in [2.45, 2.75) is 44.1 Å². The number of halogens is 1. The first-order valence-electron chi connectivity index (χ1n) is 9.15. The van der Waals surface area contributed by atoms with Crippen LogP contribution in [0.2, 0.25) is 5.15 Å². The molecule has 0 N–H and O–H groups in total. The second-order valence-corrected chi connectivity index (χ2v) is 7.35. The predicted molar refractivity (Wildman–Crippen MR) is 103 cm³/mol. The molecule has 128 valence electrons. The summed E-state index contributed by atoms with van der Waals surface area (Å²) in [6.45, 7) is 0. The minimum atomic E-state index is 0.0987. The Morgan fingerprint density at radius 1 is 0.880 bits per heavy atom. The average Bonchev–Trinajstić information content (AvgIpc) is 3.10. The molecular weight excluding hydrogens is 328 g/mol. The standard InChI is InChI=1S/C22H23ClN2/c23-21-15-25(16-24-21)22(19-9-5-2-6-10-19)20-13-11-18(12-14-20)17-7-3-1-4-8-17/h2,5-6,9-17,22H,1,3-4,7-8H2. The molecule has 0 aliphatic heterocycles. The molecule has 2 aromatic carbocycles. The van der Waals surface area contributed by atoms with Crippen molar-refractivity contribution in [3.63, 3.8) is 0 Å². The molecule has 3 aromatic rings. The normalized spacial score (nSPS) is 16.7. The van der Waals surface area contributed by atoms with Crippen LogP contribution in [0.1, 0.15) is 60.8 Å². The lowest BCUT2D eigenvalue weighted by molar-refractivity contribution is 0.443. The van der Waals surface area contributed by atoms with Crippen molar-refractivity contribution in [2.24, 2.45) is 0 Å². The SMILES string of the molecule is Clc1cn(C(c2ccccc2)c2ccc(C3CCCCC3)cc2)cn1. The minimum Gasteiger partial charge on any atom is -0.324 e. The third-order valence-corrected chi connectivity index (χ3v) is 5.51. The van der Waals surface area contributed by atoms with Crippen LogP contribution in [0, 0.1) is 0 Å². The van der Waals surface area contributed by atoms with Crippen molar-refractivity contribution < 1.29 is 0 Å². The maximum absolute atomic E-state index is 6.07. The Morgan fingerprint density at radius 2 is 1.56 bits per heavy atom. The second kappa shape index (κ2) is 7.45. The van der Waals surface area contributed by atoms with Gasteiger partial charge in [0.1, 0.15) is 5.15 Å². The van der Waals surface area contributed by atoms with Crippen molar-refractivity contribution in [3.8, 4) is 0 Å². The van der Waals surface area contributed by atoms with Crippen molar-refractivity contribution in [1.82, 2.24) is 9.55 Å². The molecule has 0 radical (unpaired) electrons. The summed E-state index contributed by atoms with van der Waals surface area (Å²) in [6, 6.07) is 19.8. The van der Waals surface area contributed by atoms with E-state index < -0.39 is 0 Å². The zero-order valence-corrected chi connectivity index (χ0v) is 15.1. The van der Waals surface area contributed by atoms with E-state index in [-0.39, 0.29) is 6.04 Å². The molecule has 0 bridgehead atoms. The van der Waals surface area contributed by atoms with Gasteiger partial charge in [0.15, 0.2) is 0 Å². The highest BCUT2D eigenvalue weighted by molar-refractivity contribution is 6.29. The van der Waals surface area contributed by atoms with Gasteiger partial charge in [-0.15, -0.1) is 0 Å². The first kappa shape index (κ1) is 16.4. The lowest BCUT2D eigenvalue weighted by Gasteiger charge is -2.24. The van der Waals surface area contributed by atoms with Crippen molar-refractivity contribution in [2.75, 3.05) is 0 Å². The van der Waals surface area contributed by atoms with Crippen LogP contribution >= 0.6 is 11.6 Å². The summed E-state index contributed by atoms with van der Waals surface area (Å²) < 4.78 is 2.09. The van der Waals surface area contributed by atoms with Crippen molar-refractivity contribution in [1.29, 1.82) is 0 Å². The Labute approximate surface area is 154 Å². The summed E-state index contributed by atoms with van der Waals surface area (Å²) >= 11 is 6.07. The quantitative estimate of drug-likeness (QED) is 0.546. The smallest absolute Gasteiger partial charge is 0.147 e. The van der Waals surface area contributed by atoms with Gasteiger partial charge in [-0.05, 0) is 35.4 Å². The summed E-state index contributed by atoms with van der Waals surface area (Å²) in [6.07, 6.45) is 10.5. The van der Waals surface area contributed by atoms with E-state index in [0.29, 0.717) is 5.15 Å². The van der Waals surface area contributed by atoms with E-state index in [9.17, 15) is 0 Å². The Morgan fingerprint density at radius 3 is 2.20 bits per heavy atom. The van der Waals surface area contributed by atoms with E-state index in [0.717, 1.165) is 5.92 Å². The van der Waals surface area contributed by atoms with Crippen LogP contribution in [0.5, 0.6) is 0 Å². The van der Waals surface area contributed by atoms with Gasteiger partial charge in [-0.2, -0.15) is 0 Å². The second-order valence-electron chi connectivity index (χ2n) is 6.96. The fraction of sp³-hybridized carbons (Fsp3) is 0.318. The van der Waals surface area contributed by atoms with Crippen LogP contribution in [0.25, 0.3) is 0 Å². The van der Waals surface area contributed by atoms with Gasteiger partial charge in [0, 0.05) is 6.20 Å². The molecule has 0 saturated heterocycles. The summed E-state index contributed by atoms with van der Waals surface area (Å²) in [5, 5.41) is 0.528. The highest BCUT2D eigenvalue weighted by Gasteiger charge is 2.19. The summed E-state index contributed by atoms with van der Waals surface area (Å²) in [4.78, 5) is 4.21. The Balaban J connectivity index is 1.67. The fourth-order valence-electron chi connectivity index (χ4n) is 4.01. The predicted octanol–water partition coefficient (Wildman–Crippen LogP) is 6.22. The van der Waals surface area contributed by atoms with Crippen LogP contribution in [0.4, 0.5) is 0 Å². The molecule has 2 nitrogen and oxygen atoms in total. The summed E-state index contributed by atoms with van der Waals surface area (Å²) in [7, 11) is 0. The molecule has 1 aliphatic carbocycles. The van der Waals surface area contributed by atoms with Crippen molar-refractivity contribution >= 4 is 11.6 Å². The molecule has 1 aliphatic rings. The highest BCUT2D eigenvalue weighted by Crippen LogP contribution is 2.34. The van der Waals surface area contributed by atoms with E-state index in [1.54, 1.807) is 0 Å². The topological polar surface area (TPSA) is 17.8 Å². The zero-order valence-electron chi connectivity index (χ0n) is 14.3. The molecular formula is C22H23ClN2. The minimum absolute atomic E-state index is 0.0987. The maximum atomic E-state index is 6.07. The number of hydrogen-bond acceptors (Lipinski definition) is 1. The molecule has 3 heteroatoms. The monoisotopic (exact) mass is 350 g/mol. The van der Waals surface area contributed by atoms with E-state index >= 15 is 0 Å². The van der Waals surface area contributed by atoms with Gasteiger partial charge in [-0.1, -0.05) is 85.5 Å². The number of nitrogens with zero attached hydrogens (tertiary/aromatic N) is 2. The van der Waals surface area contributed by atoms with Crippen LogP contribution in [0.3, 0.4) is 0 Å². The highest BCUT2D eigenvalue weighted by atomic mass is 35.5. The first-order chi connectivity index (χ1) is 12.3. The lowest BCUT2D eigenvalue weighted by Crippen LogP contribution is -2.11. The van der Waals surface area contributed by atoms with E-state index in [1.807, 2.05) is 18.6 Å². The van der Waals surface area contributed by atoms with E-state index in [1.165, 1.54) is 48.8 Å². The third-order valence-electron chi connectivity index (χ3n) is 5.31. The van der Waals surface area contributed by atoms with Crippen LogP contribution in [-0.2, 0) is 0 Å². The number of benzene rings is 2.